The number of amides is 1. The molecule has 7 heteroatoms. The third kappa shape index (κ3) is 5.49. The van der Waals surface area contributed by atoms with Crippen LogP contribution in [0.3, 0.4) is 0 Å². The van der Waals surface area contributed by atoms with E-state index in [2.05, 4.69) is 11.9 Å². The van der Waals surface area contributed by atoms with Crippen molar-refractivity contribution in [2.45, 2.75) is 65.1 Å². The van der Waals surface area contributed by atoms with Gasteiger partial charge in [-0.2, -0.15) is 0 Å². The molecule has 1 saturated carbocycles. The average molecular weight is 354 g/mol. The van der Waals surface area contributed by atoms with Gasteiger partial charge in [-0.25, -0.2) is 4.79 Å². The summed E-state index contributed by atoms with van der Waals surface area (Å²) in [6, 6.07) is 0. The molecule has 1 aliphatic heterocycles. The summed E-state index contributed by atoms with van der Waals surface area (Å²) in [5.74, 6) is 0.503. The molecule has 3 N–H and O–H groups in total. The Labute approximate surface area is 151 Å². The van der Waals surface area contributed by atoms with Crippen LogP contribution in [0.15, 0.2) is 4.99 Å². The van der Waals surface area contributed by atoms with Crippen molar-refractivity contribution in [2.24, 2.45) is 16.1 Å². The van der Waals surface area contributed by atoms with Crippen LogP contribution in [0.5, 0.6) is 0 Å². The van der Waals surface area contributed by atoms with Crippen LogP contribution in [0.25, 0.3) is 0 Å². The van der Waals surface area contributed by atoms with Crippen molar-refractivity contribution in [2.75, 3.05) is 32.7 Å². The van der Waals surface area contributed by atoms with E-state index < -0.39 is 5.60 Å². The fourth-order valence-electron chi connectivity index (χ4n) is 3.37. The summed E-state index contributed by atoms with van der Waals surface area (Å²) in [6.07, 6.45) is 3.47. The van der Waals surface area contributed by atoms with Gasteiger partial charge in [-0.3, -0.25) is 4.99 Å². The van der Waals surface area contributed by atoms with Gasteiger partial charge in [0.15, 0.2) is 5.96 Å². The van der Waals surface area contributed by atoms with Crippen LogP contribution in [0.4, 0.5) is 4.79 Å². The molecule has 2 aliphatic rings. The number of rotatable bonds is 2. The van der Waals surface area contributed by atoms with Crippen molar-refractivity contribution < 1.29 is 14.6 Å². The highest BCUT2D eigenvalue weighted by atomic mass is 16.6. The monoisotopic (exact) mass is 354 g/mol. The molecular weight excluding hydrogens is 320 g/mol. The first-order valence-electron chi connectivity index (χ1n) is 9.32. The van der Waals surface area contributed by atoms with Crippen LogP contribution in [-0.4, -0.2) is 71.4 Å². The molecule has 0 aromatic rings. The van der Waals surface area contributed by atoms with E-state index in [9.17, 15) is 9.90 Å². The summed E-state index contributed by atoms with van der Waals surface area (Å²) in [4.78, 5) is 20.4. The first-order valence-corrected chi connectivity index (χ1v) is 9.32. The molecule has 1 amide bonds. The molecule has 0 spiro atoms. The fourth-order valence-corrected chi connectivity index (χ4v) is 3.37. The summed E-state index contributed by atoms with van der Waals surface area (Å²) in [5.41, 5.74) is 5.49. The van der Waals surface area contributed by atoms with Crippen molar-refractivity contribution in [3.8, 4) is 0 Å². The molecule has 144 valence electrons. The number of carbonyl (C=O) groups is 1. The van der Waals surface area contributed by atoms with Crippen molar-refractivity contribution in [3.05, 3.63) is 0 Å². The summed E-state index contributed by atoms with van der Waals surface area (Å²) in [5, 5.41) is 10.3. The zero-order chi connectivity index (χ0) is 18.7. The number of nitrogens with zero attached hydrogens (tertiary/aromatic N) is 3. The second-order valence-corrected chi connectivity index (χ2v) is 8.54. The number of hydrogen-bond donors (Lipinski definition) is 2. The lowest BCUT2D eigenvalue weighted by Gasteiger charge is -2.38. The van der Waals surface area contributed by atoms with Crippen molar-refractivity contribution >= 4 is 12.1 Å². The summed E-state index contributed by atoms with van der Waals surface area (Å²) in [6.45, 7) is 10.7. The highest BCUT2D eigenvalue weighted by molar-refractivity contribution is 5.78. The van der Waals surface area contributed by atoms with Gasteiger partial charge in [0.1, 0.15) is 5.60 Å². The van der Waals surface area contributed by atoms with E-state index in [1.54, 1.807) is 4.90 Å². The Kier molecular flexibility index (Phi) is 6.19. The first-order chi connectivity index (χ1) is 11.6. The molecule has 7 nitrogen and oxygen atoms in total. The summed E-state index contributed by atoms with van der Waals surface area (Å²) in [7, 11) is 0. The highest BCUT2D eigenvalue weighted by Gasteiger charge is 2.35. The Balaban J connectivity index is 1.84. The molecule has 2 fully saturated rings. The van der Waals surface area contributed by atoms with Crippen LogP contribution in [0, 0.1) is 5.41 Å². The van der Waals surface area contributed by atoms with Gasteiger partial charge in [-0.1, -0.05) is 19.8 Å². The molecule has 2 unspecified atom stereocenters. The normalized spacial score (nSPS) is 28.8. The van der Waals surface area contributed by atoms with Gasteiger partial charge in [0.25, 0.3) is 0 Å². The van der Waals surface area contributed by atoms with Gasteiger partial charge in [0, 0.05) is 31.6 Å². The Morgan fingerprint density at radius 1 is 1.24 bits per heavy atom. The molecule has 0 aromatic carbocycles. The third-order valence-corrected chi connectivity index (χ3v) is 5.14. The van der Waals surface area contributed by atoms with E-state index in [0.717, 1.165) is 25.7 Å². The van der Waals surface area contributed by atoms with Gasteiger partial charge >= 0.3 is 6.09 Å². The molecule has 1 saturated heterocycles. The van der Waals surface area contributed by atoms with E-state index >= 15 is 0 Å². The number of piperazine rings is 1. The Morgan fingerprint density at radius 3 is 2.40 bits per heavy atom. The van der Waals surface area contributed by atoms with Gasteiger partial charge < -0.3 is 25.4 Å². The quantitative estimate of drug-likeness (QED) is 0.583. The summed E-state index contributed by atoms with van der Waals surface area (Å²) < 4.78 is 5.40. The van der Waals surface area contributed by atoms with Crippen molar-refractivity contribution in [3.63, 3.8) is 0 Å². The second-order valence-electron chi connectivity index (χ2n) is 8.54. The molecule has 1 aliphatic carbocycles. The fraction of sp³-hybridized carbons (Fsp3) is 0.889. The number of aliphatic imine (C=N–C) groups is 1. The van der Waals surface area contributed by atoms with Crippen molar-refractivity contribution in [1.82, 2.24) is 9.80 Å². The van der Waals surface area contributed by atoms with Crippen LogP contribution in [-0.2, 0) is 4.74 Å². The largest absolute Gasteiger partial charge is 0.444 e. The lowest BCUT2D eigenvalue weighted by atomic mass is 9.73. The molecule has 1 heterocycles. The van der Waals surface area contributed by atoms with Crippen LogP contribution in [0.1, 0.15) is 53.4 Å². The standard InChI is InChI=1S/C18H34N4O3/c1-17(2,3)25-16(24)22-11-9-21(10-12-22)15(19)20-13-18(4)8-6-5-7-14(18)23/h14,23H,5-13H2,1-4H3,(H2,19,20). The molecule has 25 heavy (non-hydrogen) atoms. The number of guanidine groups is 1. The SMILES string of the molecule is CC(C)(C)OC(=O)N1CCN(C(N)=NCC2(C)CCCCC2O)CC1. The average Bonchev–Trinajstić information content (AvgIpc) is 2.54. The predicted octanol–water partition coefficient (Wildman–Crippen LogP) is 1.79. The Morgan fingerprint density at radius 2 is 1.84 bits per heavy atom. The van der Waals surface area contributed by atoms with E-state index in [1.807, 2.05) is 25.7 Å². The molecule has 0 aromatic heterocycles. The lowest BCUT2D eigenvalue weighted by molar-refractivity contribution is 0.00681. The van der Waals surface area contributed by atoms with Gasteiger partial charge in [-0.15, -0.1) is 0 Å². The zero-order valence-electron chi connectivity index (χ0n) is 16.1. The van der Waals surface area contributed by atoms with Gasteiger partial charge in [-0.05, 0) is 33.6 Å². The Bertz CT molecular complexity index is 495. The van der Waals surface area contributed by atoms with E-state index in [-0.39, 0.29) is 17.6 Å². The molecular formula is C18H34N4O3. The number of carbonyl (C=O) groups excluding carboxylic acids is 1. The van der Waals surface area contributed by atoms with E-state index in [1.165, 1.54) is 0 Å². The van der Waals surface area contributed by atoms with Gasteiger partial charge in [0.05, 0.1) is 12.6 Å². The minimum absolute atomic E-state index is 0.179. The third-order valence-electron chi connectivity index (χ3n) is 5.14. The van der Waals surface area contributed by atoms with Crippen LogP contribution in [0.2, 0.25) is 0 Å². The maximum absolute atomic E-state index is 12.1. The topological polar surface area (TPSA) is 91.4 Å². The van der Waals surface area contributed by atoms with Crippen LogP contribution < -0.4 is 5.73 Å². The number of hydrogen-bond acceptors (Lipinski definition) is 4. The van der Waals surface area contributed by atoms with Gasteiger partial charge in [0.2, 0.25) is 0 Å². The minimum Gasteiger partial charge on any atom is -0.444 e. The molecule has 0 radical (unpaired) electrons. The second kappa shape index (κ2) is 7.81. The zero-order valence-corrected chi connectivity index (χ0v) is 16.1. The number of nitrogens with two attached hydrogens (primary N) is 1. The van der Waals surface area contributed by atoms with E-state index in [4.69, 9.17) is 10.5 Å². The maximum atomic E-state index is 12.1. The lowest BCUT2D eigenvalue weighted by Crippen LogP contribution is -2.53. The Hall–Kier alpha value is -1.50. The van der Waals surface area contributed by atoms with E-state index in [0.29, 0.717) is 38.7 Å². The smallest absolute Gasteiger partial charge is 0.410 e. The maximum Gasteiger partial charge on any atom is 0.410 e. The minimum atomic E-state index is -0.481. The predicted molar refractivity (Wildman–Crippen MR) is 98.5 cm³/mol. The summed E-state index contributed by atoms with van der Waals surface area (Å²) >= 11 is 0. The molecule has 0 bridgehead atoms. The van der Waals surface area contributed by atoms with Crippen molar-refractivity contribution in [1.29, 1.82) is 0 Å². The molecule has 2 atom stereocenters. The number of aliphatic hydroxyl groups excluding tert-OH is 1. The van der Waals surface area contributed by atoms with Crippen LogP contribution >= 0.6 is 0 Å². The highest BCUT2D eigenvalue weighted by Crippen LogP contribution is 2.36. The number of aliphatic hydroxyl groups is 1. The first kappa shape index (κ1) is 19.8. The number of ether oxygens (including phenoxy) is 1. The molecule has 2 rings (SSSR count).